The second-order valence-corrected chi connectivity index (χ2v) is 12.9. The molecule has 1 unspecified atom stereocenters. The predicted molar refractivity (Wildman–Crippen MR) is 163 cm³/mol. The molecule has 240 valence electrons. The predicted octanol–water partition coefficient (Wildman–Crippen LogP) is 3.60. The fourth-order valence-corrected chi connectivity index (χ4v) is 6.05. The number of benzene rings is 2. The minimum Gasteiger partial charge on any atom is -0.440 e. The molecule has 5 rings (SSSR count). The van der Waals surface area contributed by atoms with Crippen LogP contribution >= 0.6 is 0 Å². The number of halogens is 1. The number of alkyl carbamates (subject to hydrolysis) is 1. The maximum absolute atomic E-state index is 14.2. The lowest BCUT2D eigenvalue weighted by Gasteiger charge is -2.29. The van der Waals surface area contributed by atoms with Crippen molar-refractivity contribution in [2.45, 2.75) is 88.4 Å². The molecule has 0 radical (unpaired) electrons. The molecule has 1 saturated heterocycles. The Bertz CT molecular complexity index is 1420. The van der Waals surface area contributed by atoms with Gasteiger partial charge in [-0.05, 0) is 74.1 Å². The third-order valence-electron chi connectivity index (χ3n) is 8.79. The van der Waals surface area contributed by atoms with Crippen molar-refractivity contribution in [1.82, 2.24) is 21.3 Å². The monoisotopic (exact) mass is 620 g/mol. The van der Waals surface area contributed by atoms with Crippen LogP contribution in [0.15, 0.2) is 54.6 Å². The Morgan fingerprint density at radius 2 is 1.71 bits per heavy atom. The molecule has 2 aliphatic carbocycles. The van der Waals surface area contributed by atoms with Crippen LogP contribution in [0.5, 0.6) is 0 Å². The van der Waals surface area contributed by atoms with E-state index in [2.05, 4.69) is 21.3 Å². The first-order valence-electron chi connectivity index (χ1n) is 15.8. The van der Waals surface area contributed by atoms with Crippen LogP contribution in [0.1, 0.15) is 76.0 Å². The van der Waals surface area contributed by atoms with Crippen molar-refractivity contribution in [1.29, 1.82) is 0 Å². The molecule has 0 aromatic heterocycles. The first-order chi connectivity index (χ1) is 21.6. The average Bonchev–Trinajstić information content (AvgIpc) is 3.95. The highest BCUT2D eigenvalue weighted by Crippen LogP contribution is 2.58. The van der Waals surface area contributed by atoms with Gasteiger partial charge in [-0.15, -0.1) is 0 Å². The van der Waals surface area contributed by atoms with Crippen molar-refractivity contribution in [2.75, 3.05) is 6.54 Å². The topological polar surface area (TPSA) is 143 Å². The van der Waals surface area contributed by atoms with E-state index in [-0.39, 0.29) is 36.5 Å². The molecule has 3 aliphatic rings. The van der Waals surface area contributed by atoms with Gasteiger partial charge < -0.3 is 26.0 Å². The lowest BCUT2D eigenvalue weighted by atomic mass is 9.86. The van der Waals surface area contributed by atoms with Crippen LogP contribution in [-0.4, -0.2) is 54.3 Å². The van der Waals surface area contributed by atoms with Crippen molar-refractivity contribution >= 4 is 29.6 Å². The number of rotatable bonds is 14. The van der Waals surface area contributed by atoms with Crippen molar-refractivity contribution in [2.24, 2.45) is 11.8 Å². The smallest absolute Gasteiger partial charge is 0.408 e. The van der Waals surface area contributed by atoms with Crippen molar-refractivity contribution < 1.29 is 33.1 Å². The molecule has 2 aromatic rings. The van der Waals surface area contributed by atoms with Gasteiger partial charge in [0.1, 0.15) is 18.0 Å². The van der Waals surface area contributed by atoms with Crippen molar-refractivity contribution in [3.63, 3.8) is 0 Å². The molecule has 2 saturated carbocycles. The van der Waals surface area contributed by atoms with Gasteiger partial charge in [-0.2, -0.15) is 0 Å². The number of nitrogens with one attached hydrogen (secondary N) is 4. The largest absolute Gasteiger partial charge is 0.440 e. The number of ketones is 1. The van der Waals surface area contributed by atoms with Crippen LogP contribution in [0.3, 0.4) is 0 Å². The van der Waals surface area contributed by atoms with Crippen molar-refractivity contribution in [3.8, 4) is 0 Å². The average molecular weight is 621 g/mol. The summed E-state index contributed by atoms with van der Waals surface area (Å²) < 4.78 is 20.3. The molecular weight excluding hydrogens is 579 g/mol. The molecule has 4 N–H and O–H groups in total. The summed E-state index contributed by atoms with van der Waals surface area (Å²) >= 11 is 0. The van der Waals surface area contributed by atoms with E-state index in [4.69, 9.17) is 4.74 Å². The Labute approximate surface area is 262 Å². The van der Waals surface area contributed by atoms with Gasteiger partial charge in [-0.25, -0.2) is 9.18 Å². The van der Waals surface area contributed by atoms with E-state index in [1.54, 1.807) is 6.07 Å². The molecule has 11 heteroatoms. The van der Waals surface area contributed by atoms with E-state index in [1.807, 2.05) is 50.2 Å². The molecule has 0 spiro atoms. The second-order valence-electron chi connectivity index (χ2n) is 12.9. The third-order valence-corrected chi connectivity index (χ3v) is 8.79. The molecule has 3 fully saturated rings. The van der Waals surface area contributed by atoms with Crippen LogP contribution in [0.25, 0.3) is 0 Å². The lowest BCUT2D eigenvalue weighted by molar-refractivity contribution is -0.141. The molecule has 45 heavy (non-hydrogen) atoms. The Morgan fingerprint density at radius 3 is 2.31 bits per heavy atom. The number of amides is 4. The van der Waals surface area contributed by atoms with Gasteiger partial charge in [0, 0.05) is 23.9 Å². The van der Waals surface area contributed by atoms with Gasteiger partial charge in [-0.3, -0.25) is 19.2 Å². The lowest BCUT2D eigenvalue weighted by Crippen LogP contribution is -2.55. The molecule has 4 amide bonds. The number of Topliss-reactive ketones (excluding diaryl/α,β-unsaturated/α-hetero) is 1. The Morgan fingerprint density at radius 1 is 0.978 bits per heavy atom. The van der Waals surface area contributed by atoms with Crippen LogP contribution in [0.4, 0.5) is 9.18 Å². The standard InChI is InChI=1S/C34H41FN4O6/c1-20(2)17-27(31(42)38-26(18-22-13-16-36-30(22)41)28(40)32(43)37-25-11-12-25)39-33(44)45-29(21-7-4-3-5-8-21)34(14-15-34)23-9-6-10-24(35)19-23/h3-10,19-20,22,25-27,29H,11-18H2,1-2H3,(H,36,41)(H,37,43)(H,38,42)(H,39,44)/t22-,26-,27-,29?/m0/s1. The molecule has 2 aromatic carbocycles. The molecule has 10 nitrogen and oxygen atoms in total. The number of hydrogen-bond donors (Lipinski definition) is 4. The quantitative estimate of drug-likeness (QED) is 0.238. The fraction of sp³-hybridized carbons (Fsp3) is 0.500. The summed E-state index contributed by atoms with van der Waals surface area (Å²) in [7, 11) is 0. The SMILES string of the molecule is CC(C)C[C@H](NC(=O)OC(c1ccccc1)C1(c2cccc(F)c2)CC1)C(=O)N[C@@H](C[C@@H]1CCNC1=O)C(=O)C(=O)NC1CC1. The van der Waals surface area contributed by atoms with Gasteiger partial charge in [0.15, 0.2) is 0 Å². The molecule has 1 heterocycles. The Kier molecular flexibility index (Phi) is 9.84. The Hall–Kier alpha value is -4.28. The summed E-state index contributed by atoms with van der Waals surface area (Å²) in [5.74, 6) is -3.45. The minimum absolute atomic E-state index is 0.0269. The molecule has 4 atom stereocenters. The highest BCUT2D eigenvalue weighted by atomic mass is 19.1. The molecular formula is C34H41FN4O6. The van der Waals surface area contributed by atoms with Crippen LogP contribution < -0.4 is 21.3 Å². The maximum Gasteiger partial charge on any atom is 0.408 e. The zero-order chi connectivity index (χ0) is 32.1. The highest BCUT2D eigenvalue weighted by molar-refractivity contribution is 6.38. The first-order valence-corrected chi connectivity index (χ1v) is 15.8. The van der Waals surface area contributed by atoms with Crippen LogP contribution in [-0.2, 0) is 29.3 Å². The van der Waals surface area contributed by atoms with E-state index in [0.717, 1.165) is 24.0 Å². The number of carbonyl (C=O) groups is 5. The molecule has 0 bridgehead atoms. The van der Waals surface area contributed by atoms with E-state index >= 15 is 0 Å². The zero-order valence-electron chi connectivity index (χ0n) is 25.6. The van der Waals surface area contributed by atoms with Gasteiger partial charge in [0.05, 0.1) is 6.04 Å². The van der Waals surface area contributed by atoms with E-state index in [9.17, 15) is 28.4 Å². The van der Waals surface area contributed by atoms with E-state index in [1.165, 1.54) is 12.1 Å². The van der Waals surface area contributed by atoms with E-state index < -0.39 is 53.2 Å². The number of ether oxygens (including phenoxy) is 1. The summed E-state index contributed by atoms with van der Waals surface area (Å²) in [6.45, 7) is 4.23. The summed E-state index contributed by atoms with van der Waals surface area (Å²) in [4.78, 5) is 65.3. The third kappa shape index (κ3) is 8.06. The second kappa shape index (κ2) is 13.8. The van der Waals surface area contributed by atoms with Crippen LogP contribution in [0, 0.1) is 17.7 Å². The molecule has 1 aliphatic heterocycles. The number of carbonyl (C=O) groups excluding carboxylic acids is 5. The maximum atomic E-state index is 14.2. The summed E-state index contributed by atoms with van der Waals surface area (Å²) in [5.41, 5.74) is 0.842. The van der Waals surface area contributed by atoms with Crippen molar-refractivity contribution in [3.05, 3.63) is 71.5 Å². The van der Waals surface area contributed by atoms with Crippen LogP contribution in [0.2, 0.25) is 0 Å². The zero-order valence-corrected chi connectivity index (χ0v) is 25.6. The highest BCUT2D eigenvalue weighted by Gasteiger charge is 2.54. The summed E-state index contributed by atoms with van der Waals surface area (Å²) in [5, 5.41) is 10.7. The van der Waals surface area contributed by atoms with E-state index in [0.29, 0.717) is 25.8 Å². The first kappa shape index (κ1) is 32.1. The normalized spacial score (nSPS) is 20.4. The Balaban J connectivity index is 1.33. The van der Waals surface area contributed by atoms with Gasteiger partial charge in [0.2, 0.25) is 17.6 Å². The minimum atomic E-state index is -1.24. The van der Waals surface area contributed by atoms with Gasteiger partial charge >= 0.3 is 6.09 Å². The summed E-state index contributed by atoms with van der Waals surface area (Å²) in [6, 6.07) is 13.1. The number of hydrogen-bond acceptors (Lipinski definition) is 6. The van der Waals surface area contributed by atoms with Gasteiger partial charge in [0.25, 0.3) is 5.91 Å². The summed E-state index contributed by atoms with van der Waals surface area (Å²) in [6.07, 6.45) is 2.03. The van der Waals surface area contributed by atoms with Gasteiger partial charge in [-0.1, -0.05) is 56.3 Å². The fourth-order valence-electron chi connectivity index (χ4n) is 6.05.